The summed E-state index contributed by atoms with van der Waals surface area (Å²) >= 11 is 0. The number of phenolic OH excluding ortho intramolecular Hbond substituents is 1. The van der Waals surface area contributed by atoms with Crippen LogP contribution in [0.2, 0.25) is 0 Å². The summed E-state index contributed by atoms with van der Waals surface area (Å²) in [5.41, 5.74) is 1.34. The van der Waals surface area contributed by atoms with Gasteiger partial charge < -0.3 is 5.11 Å². The van der Waals surface area contributed by atoms with Gasteiger partial charge in [0.1, 0.15) is 5.75 Å². The molecule has 0 radical (unpaired) electrons. The molecule has 0 fully saturated rings. The number of aryl methyl sites for hydroxylation is 1. The van der Waals surface area contributed by atoms with E-state index in [1.165, 1.54) is 50.5 Å². The van der Waals surface area contributed by atoms with Gasteiger partial charge >= 0.3 is 40.0 Å². The number of phenols is 1. The van der Waals surface area contributed by atoms with Gasteiger partial charge in [0.15, 0.2) is 0 Å². The molecule has 0 amide bonds. The summed E-state index contributed by atoms with van der Waals surface area (Å²) < 4.78 is 31.6. The Bertz CT molecular complexity index is 451. The van der Waals surface area contributed by atoms with Gasteiger partial charge in [0, 0.05) is 0 Å². The summed E-state index contributed by atoms with van der Waals surface area (Å²) in [6, 6.07) is 7.59. The van der Waals surface area contributed by atoms with E-state index in [0.29, 0.717) is 5.75 Å². The number of aromatic hydroxyl groups is 1. The van der Waals surface area contributed by atoms with Crippen molar-refractivity contribution in [2.45, 2.75) is 58.3 Å². The van der Waals surface area contributed by atoms with Gasteiger partial charge in [-0.05, 0) is 30.5 Å². The normalized spacial score (nSPS) is 10.3. The first-order valence-electron chi connectivity index (χ1n) is 7.30. The van der Waals surface area contributed by atoms with E-state index in [1.807, 2.05) is 12.1 Å². The van der Waals surface area contributed by atoms with Gasteiger partial charge in [-0.15, -0.1) is 0 Å². The number of hydrogen-bond donors (Lipinski definition) is 3. The van der Waals surface area contributed by atoms with Crippen molar-refractivity contribution in [2.24, 2.45) is 0 Å². The van der Waals surface area contributed by atoms with Gasteiger partial charge in [-0.25, -0.2) is 0 Å². The van der Waals surface area contributed by atoms with Crippen LogP contribution in [0.4, 0.5) is 0 Å². The molecule has 1 aromatic rings. The van der Waals surface area contributed by atoms with E-state index in [0.717, 1.165) is 6.42 Å². The van der Waals surface area contributed by atoms with Crippen LogP contribution in [0, 0.1) is 0 Å². The molecule has 0 aliphatic heterocycles. The Labute approximate surface area is 156 Å². The maximum absolute atomic E-state index is 9.15. The van der Waals surface area contributed by atoms with Crippen LogP contribution < -0.4 is 0 Å². The fourth-order valence-electron chi connectivity index (χ4n) is 1.95. The van der Waals surface area contributed by atoms with Crippen molar-refractivity contribution in [2.75, 3.05) is 0 Å². The van der Waals surface area contributed by atoms with E-state index in [9.17, 15) is 0 Å². The summed E-state index contributed by atoms with van der Waals surface area (Å²) in [7, 11) is -4.67. The van der Waals surface area contributed by atoms with Crippen LogP contribution in [0.25, 0.3) is 0 Å². The van der Waals surface area contributed by atoms with Gasteiger partial charge in [0.2, 0.25) is 0 Å². The van der Waals surface area contributed by atoms with Gasteiger partial charge in [-0.3, -0.25) is 9.11 Å². The molecular weight excluding hydrogens is 315 g/mol. The second kappa shape index (κ2) is 14.5. The molecule has 0 aliphatic carbocycles. The van der Waals surface area contributed by atoms with E-state index in [2.05, 4.69) is 6.92 Å². The van der Waals surface area contributed by atoms with Crippen molar-refractivity contribution in [1.82, 2.24) is 0 Å². The van der Waals surface area contributed by atoms with Crippen LogP contribution in [-0.2, 0) is 16.8 Å². The molecule has 0 spiro atoms. The average molecular weight is 342 g/mol. The van der Waals surface area contributed by atoms with Crippen molar-refractivity contribution >= 4 is 40.0 Å². The Kier molecular flexibility index (Phi) is 15.9. The first-order valence-corrected chi connectivity index (χ1v) is 8.70. The average Bonchev–Trinajstić information content (AvgIpc) is 2.38. The summed E-state index contributed by atoms with van der Waals surface area (Å²) in [6.07, 6.45) is 10.6. The fourth-order valence-corrected chi connectivity index (χ4v) is 1.95. The molecule has 1 rings (SSSR count). The Balaban J connectivity index is 0. The van der Waals surface area contributed by atoms with Crippen LogP contribution in [0.3, 0.4) is 0 Å². The van der Waals surface area contributed by atoms with Crippen LogP contribution in [0.1, 0.15) is 57.4 Å². The van der Waals surface area contributed by atoms with Gasteiger partial charge in [-0.1, -0.05) is 57.6 Å². The molecule has 3 N–H and O–H groups in total. The minimum atomic E-state index is -4.67. The first-order chi connectivity index (χ1) is 9.83. The van der Waals surface area contributed by atoms with Crippen LogP contribution >= 0.6 is 0 Å². The van der Waals surface area contributed by atoms with Crippen molar-refractivity contribution in [3.8, 4) is 5.75 Å². The Hall–Kier alpha value is -0.110. The van der Waals surface area contributed by atoms with E-state index in [4.69, 9.17) is 22.6 Å². The molecule has 124 valence electrons. The molecule has 0 saturated heterocycles. The summed E-state index contributed by atoms with van der Waals surface area (Å²) in [6.45, 7) is 2.25. The van der Waals surface area contributed by atoms with Crippen molar-refractivity contribution in [3.63, 3.8) is 0 Å². The number of benzene rings is 1. The zero-order valence-electron chi connectivity index (χ0n) is 12.5. The van der Waals surface area contributed by atoms with Gasteiger partial charge in [0.05, 0.1) is 0 Å². The molecule has 5 nitrogen and oxygen atoms in total. The monoisotopic (exact) mass is 342 g/mol. The van der Waals surface area contributed by atoms with E-state index in [-0.39, 0.29) is 29.6 Å². The second-order valence-corrected chi connectivity index (χ2v) is 5.88. The third-order valence-corrected chi connectivity index (χ3v) is 3.01. The van der Waals surface area contributed by atoms with E-state index >= 15 is 0 Å². The van der Waals surface area contributed by atoms with Gasteiger partial charge in [-0.2, -0.15) is 8.42 Å². The molecule has 7 heteroatoms. The quantitative estimate of drug-likeness (QED) is 0.382. The number of unbranched alkanes of at least 4 members (excludes halogenated alkanes) is 6. The van der Waals surface area contributed by atoms with E-state index in [1.54, 1.807) is 12.1 Å². The van der Waals surface area contributed by atoms with Crippen LogP contribution in [-0.4, -0.2) is 52.2 Å². The molecule has 1 aromatic carbocycles. The van der Waals surface area contributed by atoms with Crippen molar-refractivity contribution < 1.29 is 22.6 Å². The second-order valence-electron chi connectivity index (χ2n) is 4.99. The zero-order chi connectivity index (χ0) is 16.1. The number of hydrogen-bond acceptors (Lipinski definition) is 3. The third-order valence-electron chi connectivity index (χ3n) is 3.01. The minimum absolute atomic E-state index is 0. The molecule has 0 aliphatic rings. The third kappa shape index (κ3) is 19.9. The standard InChI is InChI=1S/C15H24O.Na.H2O4S.H/c1-2-3-4-5-6-7-8-9-14-10-12-15(16)13-11-14;;1-5(2,3)4;/h10-13,16H,2-9H2,1H3;;(H2,1,2,3,4);. The Morgan fingerprint density at radius 2 is 1.27 bits per heavy atom. The van der Waals surface area contributed by atoms with Gasteiger partial charge in [0.25, 0.3) is 0 Å². The number of rotatable bonds is 8. The molecule has 0 heterocycles. The van der Waals surface area contributed by atoms with E-state index < -0.39 is 10.4 Å². The molecule has 0 aromatic heterocycles. The maximum atomic E-state index is 9.15. The summed E-state index contributed by atoms with van der Waals surface area (Å²) in [5.74, 6) is 0.364. The fraction of sp³-hybridized carbons (Fsp3) is 0.600. The SMILES string of the molecule is CCCCCCCCCc1ccc(O)cc1.O=S(=O)(O)O.[NaH]. The topological polar surface area (TPSA) is 94.8 Å². The summed E-state index contributed by atoms with van der Waals surface area (Å²) in [5, 5.41) is 9.15. The van der Waals surface area contributed by atoms with Crippen LogP contribution in [0.5, 0.6) is 5.75 Å². The molecule has 0 bridgehead atoms. The molecular formula is C15H27NaO5S. The molecule has 0 saturated carbocycles. The zero-order valence-corrected chi connectivity index (χ0v) is 13.3. The molecule has 0 atom stereocenters. The predicted molar refractivity (Wildman–Crippen MR) is 91.1 cm³/mol. The van der Waals surface area contributed by atoms with Crippen molar-refractivity contribution in [3.05, 3.63) is 29.8 Å². The Morgan fingerprint density at radius 1 is 0.864 bits per heavy atom. The first kappa shape index (κ1) is 24.1. The van der Waals surface area contributed by atoms with Crippen LogP contribution in [0.15, 0.2) is 24.3 Å². The summed E-state index contributed by atoms with van der Waals surface area (Å²) in [4.78, 5) is 0. The predicted octanol–water partition coefficient (Wildman–Crippen LogP) is 3.38. The molecule has 0 unspecified atom stereocenters. The Morgan fingerprint density at radius 3 is 1.73 bits per heavy atom. The molecule has 22 heavy (non-hydrogen) atoms. The van der Waals surface area contributed by atoms with Crippen molar-refractivity contribution in [1.29, 1.82) is 0 Å².